The van der Waals surface area contributed by atoms with E-state index in [0.29, 0.717) is 18.3 Å². The number of aromatic nitrogens is 1. The Bertz CT molecular complexity index is 649. The third-order valence-corrected chi connectivity index (χ3v) is 7.03. The van der Waals surface area contributed by atoms with Crippen LogP contribution in [-0.4, -0.2) is 33.2 Å². The number of allylic oxidation sites excluding steroid dienone is 1. The van der Waals surface area contributed by atoms with Crippen LogP contribution in [0.5, 0.6) is 0 Å². The molecule has 7 atom stereocenters. The molecule has 3 fully saturated rings. The summed E-state index contributed by atoms with van der Waals surface area (Å²) in [6, 6.07) is 3.97. The Morgan fingerprint density at radius 1 is 1.32 bits per heavy atom. The van der Waals surface area contributed by atoms with Crippen LogP contribution in [0.4, 0.5) is 0 Å². The normalized spacial score (nSPS) is 43.8. The maximum Gasteiger partial charge on any atom is 0.184 e. The van der Waals surface area contributed by atoms with Crippen LogP contribution in [0.3, 0.4) is 0 Å². The second-order valence-electron chi connectivity index (χ2n) is 7.96. The van der Waals surface area contributed by atoms with E-state index in [-0.39, 0.29) is 17.9 Å². The van der Waals surface area contributed by atoms with E-state index in [2.05, 4.69) is 33.1 Å². The maximum atomic E-state index is 11.3. The summed E-state index contributed by atoms with van der Waals surface area (Å²) in [5.41, 5.74) is -0.211. The first-order valence-electron chi connectivity index (χ1n) is 9.35. The van der Waals surface area contributed by atoms with Crippen molar-refractivity contribution in [3.63, 3.8) is 0 Å². The molecule has 0 spiro atoms. The second kappa shape index (κ2) is 6.76. The van der Waals surface area contributed by atoms with Crippen molar-refractivity contribution in [2.75, 3.05) is 0 Å². The van der Waals surface area contributed by atoms with Crippen LogP contribution >= 0.6 is 15.9 Å². The van der Waals surface area contributed by atoms with E-state index >= 15 is 0 Å². The lowest BCUT2D eigenvalue weighted by atomic mass is 9.55. The fraction of sp³-hybridized carbons (Fsp3) is 0.650. The molecule has 3 aliphatic rings. The molecule has 1 aromatic heterocycles. The molecule has 0 amide bonds. The number of ether oxygens (including phenoxy) is 1. The first-order valence-corrected chi connectivity index (χ1v) is 10.1. The van der Waals surface area contributed by atoms with Crippen molar-refractivity contribution in [3.8, 4) is 0 Å². The summed E-state index contributed by atoms with van der Waals surface area (Å²) in [6.07, 6.45) is 10.3. The first-order chi connectivity index (χ1) is 12.0. The lowest BCUT2D eigenvalue weighted by molar-refractivity contribution is -0.193. The zero-order valence-electron chi connectivity index (χ0n) is 14.5. The van der Waals surface area contributed by atoms with Crippen LogP contribution in [0.25, 0.3) is 6.08 Å². The van der Waals surface area contributed by atoms with E-state index in [0.717, 1.165) is 16.6 Å². The Balaban J connectivity index is 1.67. The number of halogens is 1. The summed E-state index contributed by atoms with van der Waals surface area (Å²) in [5, 5.41) is 21.6. The highest BCUT2D eigenvalue weighted by atomic mass is 79.9. The number of fused-ring (bicyclic) bond motifs is 2. The van der Waals surface area contributed by atoms with Gasteiger partial charge in [0.15, 0.2) is 6.29 Å². The van der Waals surface area contributed by atoms with Gasteiger partial charge in [-0.25, -0.2) is 0 Å². The van der Waals surface area contributed by atoms with Crippen LogP contribution < -0.4 is 0 Å². The fourth-order valence-electron chi connectivity index (χ4n) is 5.50. The quantitative estimate of drug-likeness (QED) is 0.782. The second-order valence-corrected chi connectivity index (χ2v) is 8.88. The minimum atomic E-state index is -1.12. The van der Waals surface area contributed by atoms with Gasteiger partial charge in [-0.15, -0.1) is 0 Å². The molecule has 2 aliphatic carbocycles. The van der Waals surface area contributed by atoms with Gasteiger partial charge in [0.2, 0.25) is 0 Å². The number of aliphatic hydroxyl groups is 2. The molecule has 1 aliphatic heterocycles. The molecule has 0 bridgehead atoms. The standard InChI is InChI=1S/C20H26BrNO3/c1-12-18-17(9-8-15-7-6-14(21)11-22-15)16-5-3-2-4-13(16)10-20(18,24)19(23)25-12/h6-9,11-13,16-19,23-24H,2-5,10H2,1H3/b9-8+/t12-,13+,16-,17+,18+,19?,20+/m1/s1. The smallest absolute Gasteiger partial charge is 0.184 e. The molecular weight excluding hydrogens is 382 g/mol. The summed E-state index contributed by atoms with van der Waals surface area (Å²) in [7, 11) is 0. The van der Waals surface area contributed by atoms with Gasteiger partial charge in [0.05, 0.1) is 11.8 Å². The van der Waals surface area contributed by atoms with E-state index in [1.54, 1.807) is 6.20 Å². The van der Waals surface area contributed by atoms with Crippen molar-refractivity contribution in [1.82, 2.24) is 4.98 Å². The number of rotatable bonds is 2. The molecule has 5 heteroatoms. The molecule has 25 heavy (non-hydrogen) atoms. The molecule has 0 aromatic carbocycles. The Hall–Kier alpha value is -0.750. The van der Waals surface area contributed by atoms with Gasteiger partial charge < -0.3 is 14.9 Å². The van der Waals surface area contributed by atoms with Crippen molar-refractivity contribution in [2.24, 2.45) is 23.7 Å². The highest BCUT2D eigenvalue weighted by Gasteiger charge is 2.61. The predicted octanol–water partition coefficient (Wildman–Crippen LogP) is 3.77. The Morgan fingerprint density at radius 2 is 2.12 bits per heavy atom. The van der Waals surface area contributed by atoms with Crippen LogP contribution in [0, 0.1) is 23.7 Å². The number of hydrogen-bond donors (Lipinski definition) is 2. The van der Waals surface area contributed by atoms with Crippen molar-refractivity contribution in [1.29, 1.82) is 0 Å². The third kappa shape index (κ3) is 3.09. The summed E-state index contributed by atoms with van der Waals surface area (Å²) in [6.45, 7) is 1.98. The summed E-state index contributed by atoms with van der Waals surface area (Å²) >= 11 is 3.41. The monoisotopic (exact) mass is 407 g/mol. The van der Waals surface area contributed by atoms with Crippen molar-refractivity contribution in [3.05, 3.63) is 34.6 Å². The van der Waals surface area contributed by atoms with Gasteiger partial charge in [0.1, 0.15) is 5.60 Å². The largest absolute Gasteiger partial charge is 0.384 e. The van der Waals surface area contributed by atoms with Gasteiger partial charge in [-0.3, -0.25) is 4.98 Å². The van der Waals surface area contributed by atoms with E-state index in [9.17, 15) is 10.2 Å². The molecule has 2 heterocycles. The molecule has 2 saturated carbocycles. The first kappa shape index (κ1) is 17.7. The molecule has 2 N–H and O–H groups in total. The van der Waals surface area contributed by atoms with E-state index in [1.807, 2.05) is 19.1 Å². The number of nitrogens with zero attached hydrogens (tertiary/aromatic N) is 1. The average Bonchev–Trinajstić information content (AvgIpc) is 2.82. The average molecular weight is 408 g/mol. The van der Waals surface area contributed by atoms with Crippen molar-refractivity contribution in [2.45, 2.75) is 57.0 Å². The van der Waals surface area contributed by atoms with E-state index in [1.165, 1.54) is 19.3 Å². The number of hydrogen-bond acceptors (Lipinski definition) is 4. The summed E-state index contributed by atoms with van der Waals surface area (Å²) in [4.78, 5) is 4.43. The minimum absolute atomic E-state index is 0.0615. The lowest BCUT2D eigenvalue weighted by Gasteiger charge is -2.50. The highest BCUT2D eigenvalue weighted by molar-refractivity contribution is 9.10. The SMILES string of the molecule is C[C@H]1OC(O)[C@]2(O)C[C@@H]3CCCC[C@H]3[C@H](/C=C/c3ccc(Br)cn3)[C@H]12. The van der Waals surface area contributed by atoms with Gasteiger partial charge >= 0.3 is 0 Å². The fourth-order valence-corrected chi connectivity index (χ4v) is 5.74. The molecule has 0 radical (unpaired) electrons. The van der Waals surface area contributed by atoms with Gasteiger partial charge in [0.25, 0.3) is 0 Å². The van der Waals surface area contributed by atoms with Crippen LogP contribution in [0.2, 0.25) is 0 Å². The molecule has 4 nitrogen and oxygen atoms in total. The minimum Gasteiger partial charge on any atom is -0.384 e. The van der Waals surface area contributed by atoms with Gasteiger partial charge in [0, 0.05) is 16.6 Å². The predicted molar refractivity (Wildman–Crippen MR) is 99.5 cm³/mol. The topological polar surface area (TPSA) is 62.6 Å². The Labute approximate surface area is 157 Å². The van der Waals surface area contributed by atoms with Crippen molar-refractivity contribution >= 4 is 22.0 Å². The van der Waals surface area contributed by atoms with Gasteiger partial charge in [-0.05, 0) is 71.7 Å². The molecule has 1 aromatic rings. The zero-order valence-corrected chi connectivity index (χ0v) is 16.1. The molecule has 1 saturated heterocycles. The van der Waals surface area contributed by atoms with Crippen LogP contribution in [0.15, 0.2) is 28.9 Å². The highest BCUT2D eigenvalue weighted by Crippen LogP contribution is 2.56. The van der Waals surface area contributed by atoms with Crippen LogP contribution in [0.1, 0.15) is 44.7 Å². The molecule has 136 valence electrons. The van der Waals surface area contributed by atoms with Crippen molar-refractivity contribution < 1.29 is 14.9 Å². The lowest BCUT2D eigenvalue weighted by Crippen LogP contribution is -2.55. The maximum absolute atomic E-state index is 11.3. The van der Waals surface area contributed by atoms with E-state index < -0.39 is 11.9 Å². The van der Waals surface area contributed by atoms with Gasteiger partial charge in [-0.2, -0.15) is 0 Å². The summed E-state index contributed by atoms with van der Waals surface area (Å²) in [5.74, 6) is 1.17. The number of pyridine rings is 1. The molecule has 4 rings (SSSR count). The Morgan fingerprint density at radius 3 is 2.88 bits per heavy atom. The molecule has 1 unspecified atom stereocenters. The van der Waals surface area contributed by atoms with Gasteiger partial charge in [-0.1, -0.05) is 25.3 Å². The van der Waals surface area contributed by atoms with Crippen LogP contribution in [-0.2, 0) is 4.74 Å². The third-order valence-electron chi connectivity index (χ3n) is 6.56. The molecular formula is C20H26BrNO3. The summed E-state index contributed by atoms with van der Waals surface area (Å²) < 4.78 is 6.63. The zero-order chi connectivity index (χ0) is 17.6. The number of aliphatic hydroxyl groups excluding tert-OH is 1. The van der Waals surface area contributed by atoms with E-state index in [4.69, 9.17) is 4.74 Å². The Kier molecular flexibility index (Phi) is 4.78.